The van der Waals surface area contributed by atoms with E-state index >= 15 is 0 Å². The van der Waals surface area contributed by atoms with Crippen LogP contribution >= 0.6 is 0 Å². The lowest BCUT2D eigenvalue weighted by Crippen LogP contribution is -2.19. The Morgan fingerprint density at radius 1 is 1.14 bits per heavy atom. The van der Waals surface area contributed by atoms with Crippen molar-refractivity contribution in [3.8, 4) is 0 Å². The summed E-state index contributed by atoms with van der Waals surface area (Å²) in [7, 11) is 0. The molecule has 114 valence electrons. The number of rotatable bonds is 5. The van der Waals surface area contributed by atoms with Crippen molar-refractivity contribution in [3.05, 3.63) is 24.3 Å². The maximum atomic E-state index is 12.0. The second kappa shape index (κ2) is 6.94. The standard InChI is InChI=1S/C17H24N2O2/c20-17(12-16-9-4-10-21-16)19-15-8-3-7-14(11-15)18-13-5-1-2-6-13/h3,7-8,11,13,16,18H,1-2,4-6,9-10,12H2,(H,19,20)/t16-/m0/s1. The molecule has 1 saturated carbocycles. The Morgan fingerprint density at radius 2 is 1.95 bits per heavy atom. The number of carbonyl (C=O) groups excluding carboxylic acids is 1. The molecule has 2 aliphatic rings. The lowest BCUT2D eigenvalue weighted by molar-refractivity contribution is -0.118. The van der Waals surface area contributed by atoms with Gasteiger partial charge in [-0.15, -0.1) is 0 Å². The number of amides is 1. The summed E-state index contributed by atoms with van der Waals surface area (Å²) < 4.78 is 5.50. The first-order chi connectivity index (χ1) is 10.3. The Bertz CT molecular complexity index is 477. The van der Waals surface area contributed by atoms with E-state index in [2.05, 4.69) is 16.7 Å². The molecule has 0 aromatic heterocycles. The van der Waals surface area contributed by atoms with Gasteiger partial charge in [0.25, 0.3) is 0 Å². The van der Waals surface area contributed by atoms with Crippen LogP contribution in [0, 0.1) is 0 Å². The van der Waals surface area contributed by atoms with Gasteiger partial charge in [-0.3, -0.25) is 4.79 Å². The summed E-state index contributed by atoms with van der Waals surface area (Å²) in [5, 5.41) is 6.53. The summed E-state index contributed by atoms with van der Waals surface area (Å²) in [5.74, 6) is 0.0416. The Hall–Kier alpha value is -1.55. The topological polar surface area (TPSA) is 50.4 Å². The van der Waals surface area contributed by atoms with E-state index in [1.807, 2.05) is 18.2 Å². The van der Waals surface area contributed by atoms with Crippen LogP contribution in [0.1, 0.15) is 44.9 Å². The molecule has 1 saturated heterocycles. The minimum atomic E-state index is 0.0416. The van der Waals surface area contributed by atoms with Crippen molar-refractivity contribution in [3.63, 3.8) is 0 Å². The van der Waals surface area contributed by atoms with Crippen LogP contribution in [0.4, 0.5) is 11.4 Å². The lowest BCUT2D eigenvalue weighted by atomic mass is 10.1. The molecule has 3 rings (SSSR count). The zero-order valence-corrected chi connectivity index (χ0v) is 12.4. The van der Waals surface area contributed by atoms with Gasteiger partial charge in [0.15, 0.2) is 0 Å². The maximum absolute atomic E-state index is 12.0. The highest BCUT2D eigenvalue weighted by molar-refractivity contribution is 5.91. The number of nitrogens with one attached hydrogen (secondary N) is 2. The van der Waals surface area contributed by atoms with E-state index in [-0.39, 0.29) is 12.0 Å². The van der Waals surface area contributed by atoms with Crippen molar-refractivity contribution >= 4 is 17.3 Å². The normalized spacial score (nSPS) is 22.4. The maximum Gasteiger partial charge on any atom is 0.226 e. The fourth-order valence-corrected chi connectivity index (χ4v) is 3.22. The smallest absolute Gasteiger partial charge is 0.226 e. The molecule has 1 aromatic rings. The van der Waals surface area contributed by atoms with Gasteiger partial charge in [0, 0.05) is 24.0 Å². The third kappa shape index (κ3) is 4.21. The summed E-state index contributed by atoms with van der Waals surface area (Å²) in [5.41, 5.74) is 1.96. The number of benzene rings is 1. The molecule has 0 spiro atoms. The predicted octanol–water partition coefficient (Wildman–Crippen LogP) is 3.55. The first-order valence-electron chi connectivity index (χ1n) is 8.08. The molecule has 1 heterocycles. The van der Waals surface area contributed by atoms with Crippen molar-refractivity contribution in [1.29, 1.82) is 0 Å². The molecule has 2 fully saturated rings. The second-order valence-corrected chi connectivity index (χ2v) is 6.09. The largest absolute Gasteiger partial charge is 0.382 e. The van der Waals surface area contributed by atoms with Gasteiger partial charge in [0.05, 0.1) is 12.5 Å². The molecule has 1 atom stereocenters. The van der Waals surface area contributed by atoms with E-state index in [1.165, 1.54) is 25.7 Å². The highest BCUT2D eigenvalue weighted by Gasteiger charge is 2.19. The van der Waals surface area contributed by atoms with Crippen LogP contribution in [0.2, 0.25) is 0 Å². The molecule has 0 radical (unpaired) electrons. The molecule has 4 heteroatoms. The average Bonchev–Trinajstić information content (AvgIpc) is 3.12. The molecule has 0 unspecified atom stereocenters. The molecule has 1 aliphatic carbocycles. The zero-order valence-electron chi connectivity index (χ0n) is 12.4. The number of hydrogen-bond donors (Lipinski definition) is 2. The number of anilines is 2. The minimum absolute atomic E-state index is 0.0416. The van der Waals surface area contributed by atoms with Crippen LogP contribution in [-0.4, -0.2) is 24.7 Å². The fourth-order valence-electron chi connectivity index (χ4n) is 3.22. The Labute approximate surface area is 126 Å². The number of carbonyl (C=O) groups is 1. The molecule has 1 aliphatic heterocycles. The molecular weight excluding hydrogens is 264 g/mol. The second-order valence-electron chi connectivity index (χ2n) is 6.09. The van der Waals surface area contributed by atoms with E-state index in [1.54, 1.807) is 0 Å². The third-order valence-corrected chi connectivity index (χ3v) is 4.31. The van der Waals surface area contributed by atoms with Crippen molar-refractivity contribution in [2.75, 3.05) is 17.2 Å². The molecule has 1 aromatic carbocycles. The highest BCUT2D eigenvalue weighted by atomic mass is 16.5. The van der Waals surface area contributed by atoms with Gasteiger partial charge in [0.1, 0.15) is 0 Å². The van der Waals surface area contributed by atoms with Crippen molar-refractivity contribution in [2.45, 2.75) is 57.1 Å². The van der Waals surface area contributed by atoms with E-state index in [0.717, 1.165) is 30.8 Å². The third-order valence-electron chi connectivity index (χ3n) is 4.31. The van der Waals surface area contributed by atoms with Gasteiger partial charge >= 0.3 is 0 Å². The van der Waals surface area contributed by atoms with Gasteiger partial charge in [-0.2, -0.15) is 0 Å². The summed E-state index contributed by atoms with van der Waals surface area (Å²) >= 11 is 0. The van der Waals surface area contributed by atoms with Crippen molar-refractivity contribution < 1.29 is 9.53 Å². The van der Waals surface area contributed by atoms with E-state index in [9.17, 15) is 4.79 Å². The van der Waals surface area contributed by atoms with Crippen molar-refractivity contribution in [1.82, 2.24) is 0 Å². The van der Waals surface area contributed by atoms with Crippen LogP contribution < -0.4 is 10.6 Å². The Morgan fingerprint density at radius 3 is 2.71 bits per heavy atom. The van der Waals surface area contributed by atoms with Gasteiger partial charge in [0.2, 0.25) is 5.91 Å². The minimum Gasteiger partial charge on any atom is -0.382 e. The fraction of sp³-hybridized carbons (Fsp3) is 0.588. The van der Waals surface area contributed by atoms with Crippen LogP contribution in [0.25, 0.3) is 0 Å². The molecule has 21 heavy (non-hydrogen) atoms. The Kier molecular flexibility index (Phi) is 4.76. The van der Waals surface area contributed by atoms with Crippen LogP contribution in [0.3, 0.4) is 0 Å². The summed E-state index contributed by atoms with van der Waals surface area (Å²) in [6.45, 7) is 0.790. The van der Waals surface area contributed by atoms with Crippen LogP contribution in [0.15, 0.2) is 24.3 Å². The molecule has 1 amide bonds. The summed E-state index contributed by atoms with van der Waals surface area (Å²) in [6.07, 6.45) is 7.75. The van der Waals surface area contributed by atoms with Crippen LogP contribution in [0.5, 0.6) is 0 Å². The zero-order chi connectivity index (χ0) is 14.5. The van der Waals surface area contributed by atoms with Gasteiger partial charge in [-0.1, -0.05) is 18.9 Å². The quantitative estimate of drug-likeness (QED) is 0.871. The highest BCUT2D eigenvalue weighted by Crippen LogP contribution is 2.24. The van der Waals surface area contributed by atoms with Crippen LogP contribution in [-0.2, 0) is 9.53 Å². The van der Waals surface area contributed by atoms with Crippen molar-refractivity contribution in [2.24, 2.45) is 0 Å². The SMILES string of the molecule is O=C(C[C@@H]1CCCO1)Nc1cccc(NC2CCCC2)c1. The number of hydrogen-bond acceptors (Lipinski definition) is 3. The summed E-state index contributed by atoms with van der Waals surface area (Å²) in [4.78, 5) is 12.0. The Balaban J connectivity index is 1.53. The first kappa shape index (κ1) is 14.4. The van der Waals surface area contributed by atoms with Gasteiger partial charge in [-0.25, -0.2) is 0 Å². The van der Waals surface area contributed by atoms with E-state index in [4.69, 9.17) is 4.74 Å². The van der Waals surface area contributed by atoms with E-state index in [0.29, 0.717) is 12.5 Å². The average molecular weight is 288 g/mol. The molecule has 4 nitrogen and oxygen atoms in total. The monoisotopic (exact) mass is 288 g/mol. The molecule has 2 N–H and O–H groups in total. The number of ether oxygens (including phenoxy) is 1. The van der Waals surface area contributed by atoms with Gasteiger partial charge < -0.3 is 15.4 Å². The summed E-state index contributed by atoms with van der Waals surface area (Å²) in [6, 6.07) is 8.59. The first-order valence-corrected chi connectivity index (χ1v) is 8.08. The predicted molar refractivity (Wildman–Crippen MR) is 84.5 cm³/mol. The van der Waals surface area contributed by atoms with E-state index < -0.39 is 0 Å². The lowest BCUT2D eigenvalue weighted by Gasteiger charge is -2.15. The molecule has 0 bridgehead atoms. The molecular formula is C17H24N2O2. The van der Waals surface area contributed by atoms with Gasteiger partial charge in [-0.05, 0) is 43.9 Å².